The highest BCUT2D eigenvalue weighted by molar-refractivity contribution is 6.04. The van der Waals surface area contributed by atoms with Crippen LogP contribution in [0.3, 0.4) is 0 Å². The summed E-state index contributed by atoms with van der Waals surface area (Å²) in [6.45, 7) is 2.54. The van der Waals surface area contributed by atoms with Crippen molar-refractivity contribution in [1.82, 2.24) is 4.98 Å². The van der Waals surface area contributed by atoms with Gasteiger partial charge in [-0.15, -0.1) is 0 Å². The van der Waals surface area contributed by atoms with Gasteiger partial charge in [-0.3, -0.25) is 0 Å². The first-order valence-electron chi connectivity index (χ1n) is 8.15. The Kier molecular flexibility index (Phi) is 3.94. The molecule has 2 heterocycles. The molecule has 0 amide bonds. The Hall–Kier alpha value is -3.14. The first-order chi connectivity index (χ1) is 12.2. The highest BCUT2D eigenvalue weighted by Crippen LogP contribution is 2.32. The van der Waals surface area contributed by atoms with Gasteiger partial charge in [0.1, 0.15) is 18.0 Å². The molecule has 0 bridgehead atoms. The van der Waals surface area contributed by atoms with Gasteiger partial charge in [-0.1, -0.05) is 30.3 Å². The van der Waals surface area contributed by atoms with Crippen molar-refractivity contribution in [2.24, 2.45) is 4.99 Å². The van der Waals surface area contributed by atoms with Gasteiger partial charge in [0.15, 0.2) is 0 Å². The Morgan fingerprint density at radius 1 is 0.920 bits per heavy atom. The number of ether oxygens (including phenoxy) is 2. The zero-order chi connectivity index (χ0) is 17.2. The lowest BCUT2D eigenvalue weighted by molar-refractivity contribution is 0.373. The minimum Gasteiger partial charge on any atom is -0.485 e. The predicted molar refractivity (Wildman–Crippen MR) is 99.1 cm³/mol. The molecule has 0 radical (unpaired) electrons. The van der Waals surface area contributed by atoms with Crippen molar-refractivity contribution in [2.45, 2.75) is 6.92 Å². The minimum absolute atomic E-state index is 0.486. The fraction of sp³-hybridized carbons (Fsp3) is 0.143. The van der Waals surface area contributed by atoms with Crippen molar-refractivity contribution in [3.63, 3.8) is 0 Å². The molecular formula is C21H18N2O2. The van der Waals surface area contributed by atoms with Crippen LogP contribution in [0.5, 0.6) is 11.6 Å². The number of methoxy groups -OCH3 is 1. The molecule has 124 valence electrons. The zero-order valence-corrected chi connectivity index (χ0v) is 14.2. The molecule has 4 heteroatoms. The molecule has 1 aliphatic heterocycles. The SMILES string of the molecule is COc1ccc(-c2ccc(C3=Nc4cc(C)ccc4OC3)cc2)cn1. The number of aryl methyl sites for hydroxylation is 1. The predicted octanol–water partition coefficient (Wildman–Crippen LogP) is 4.58. The third-order valence-corrected chi connectivity index (χ3v) is 4.23. The van der Waals surface area contributed by atoms with Crippen LogP contribution in [0.15, 0.2) is 65.8 Å². The molecule has 4 rings (SSSR count). The van der Waals surface area contributed by atoms with Gasteiger partial charge in [0.2, 0.25) is 5.88 Å². The van der Waals surface area contributed by atoms with Crippen LogP contribution in [-0.4, -0.2) is 24.4 Å². The van der Waals surface area contributed by atoms with Crippen LogP contribution in [0.25, 0.3) is 11.1 Å². The molecular weight excluding hydrogens is 312 g/mol. The normalized spacial score (nSPS) is 12.8. The molecule has 2 aromatic carbocycles. The van der Waals surface area contributed by atoms with E-state index in [1.54, 1.807) is 7.11 Å². The average molecular weight is 330 g/mol. The average Bonchev–Trinajstić information content (AvgIpc) is 2.67. The third kappa shape index (κ3) is 3.11. The molecule has 4 nitrogen and oxygen atoms in total. The van der Waals surface area contributed by atoms with E-state index in [0.717, 1.165) is 33.8 Å². The molecule has 25 heavy (non-hydrogen) atoms. The Bertz CT molecular complexity index is 929. The van der Waals surface area contributed by atoms with Crippen LogP contribution in [0.2, 0.25) is 0 Å². The van der Waals surface area contributed by atoms with E-state index in [-0.39, 0.29) is 0 Å². The number of fused-ring (bicyclic) bond motifs is 1. The van der Waals surface area contributed by atoms with Gasteiger partial charge in [0.25, 0.3) is 0 Å². The number of hydrogen-bond donors (Lipinski definition) is 0. The van der Waals surface area contributed by atoms with Crippen molar-refractivity contribution in [1.29, 1.82) is 0 Å². The van der Waals surface area contributed by atoms with Crippen molar-refractivity contribution in [3.05, 3.63) is 71.9 Å². The Labute approximate surface area is 146 Å². The third-order valence-electron chi connectivity index (χ3n) is 4.23. The van der Waals surface area contributed by atoms with Gasteiger partial charge in [0, 0.05) is 17.8 Å². The van der Waals surface area contributed by atoms with Crippen LogP contribution in [0.4, 0.5) is 5.69 Å². The van der Waals surface area contributed by atoms with E-state index in [1.165, 1.54) is 5.56 Å². The molecule has 3 aromatic rings. The highest BCUT2D eigenvalue weighted by atomic mass is 16.5. The maximum absolute atomic E-state index is 5.83. The Morgan fingerprint density at radius 2 is 1.68 bits per heavy atom. The standard InChI is InChI=1S/C21H18N2O2/c1-14-3-9-20-18(11-14)23-19(13-25-20)16-6-4-15(5-7-16)17-8-10-21(24-2)22-12-17/h3-12H,13H2,1-2H3. The molecule has 0 saturated heterocycles. The quantitative estimate of drug-likeness (QED) is 0.706. The van der Waals surface area contributed by atoms with E-state index in [0.29, 0.717) is 12.5 Å². The first-order valence-corrected chi connectivity index (χ1v) is 8.15. The monoisotopic (exact) mass is 330 g/mol. The molecule has 0 atom stereocenters. The molecule has 0 spiro atoms. The summed E-state index contributed by atoms with van der Waals surface area (Å²) in [6, 6.07) is 18.2. The van der Waals surface area contributed by atoms with E-state index in [2.05, 4.69) is 36.2 Å². The molecule has 0 unspecified atom stereocenters. The van der Waals surface area contributed by atoms with E-state index < -0.39 is 0 Å². The minimum atomic E-state index is 0.486. The van der Waals surface area contributed by atoms with Gasteiger partial charge < -0.3 is 9.47 Å². The van der Waals surface area contributed by atoms with Gasteiger partial charge in [0.05, 0.1) is 12.8 Å². The summed E-state index contributed by atoms with van der Waals surface area (Å²) < 4.78 is 10.9. The van der Waals surface area contributed by atoms with E-state index in [9.17, 15) is 0 Å². The summed E-state index contributed by atoms with van der Waals surface area (Å²) in [6.07, 6.45) is 1.81. The topological polar surface area (TPSA) is 43.7 Å². The lowest BCUT2D eigenvalue weighted by atomic mass is 10.0. The van der Waals surface area contributed by atoms with E-state index in [4.69, 9.17) is 14.5 Å². The molecule has 0 N–H and O–H groups in total. The summed E-state index contributed by atoms with van der Waals surface area (Å²) in [5.41, 5.74) is 6.23. The molecule has 1 aromatic heterocycles. The van der Waals surface area contributed by atoms with Crippen molar-refractivity contribution < 1.29 is 9.47 Å². The lowest BCUT2D eigenvalue weighted by Crippen LogP contribution is -2.16. The van der Waals surface area contributed by atoms with Gasteiger partial charge in [-0.05, 0) is 41.8 Å². The second-order valence-electron chi connectivity index (χ2n) is 5.98. The van der Waals surface area contributed by atoms with E-state index in [1.807, 2.05) is 36.5 Å². The highest BCUT2D eigenvalue weighted by Gasteiger charge is 2.14. The number of nitrogens with zero attached hydrogens (tertiary/aromatic N) is 2. The fourth-order valence-electron chi connectivity index (χ4n) is 2.84. The van der Waals surface area contributed by atoms with Gasteiger partial charge in [-0.2, -0.15) is 0 Å². The Morgan fingerprint density at radius 3 is 2.40 bits per heavy atom. The van der Waals surface area contributed by atoms with Crippen LogP contribution < -0.4 is 9.47 Å². The number of benzene rings is 2. The van der Waals surface area contributed by atoms with Crippen molar-refractivity contribution >= 4 is 11.4 Å². The van der Waals surface area contributed by atoms with Crippen molar-refractivity contribution in [2.75, 3.05) is 13.7 Å². The van der Waals surface area contributed by atoms with Crippen LogP contribution >= 0.6 is 0 Å². The molecule has 0 saturated carbocycles. The van der Waals surface area contributed by atoms with Gasteiger partial charge in [-0.25, -0.2) is 9.98 Å². The Balaban J connectivity index is 1.62. The fourth-order valence-corrected chi connectivity index (χ4v) is 2.84. The first kappa shape index (κ1) is 15.4. The second-order valence-corrected chi connectivity index (χ2v) is 5.98. The summed E-state index contributed by atoms with van der Waals surface area (Å²) in [7, 11) is 1.61. The molecule has 0 aliphatic carbocycles. The van der Waals surface area contributed by atoms with Crippen LogP contribution in [0.1, 0.15) is 11.1 Å². The summed E-state index contributed by atoms with van der Waals surface area (Å²) in [5.74, 6) is 1.46. The number of pyridine rings is 1. The maximum Gasteiger partial charge on any atom is 0.212 e. The number of rotatable bonds is 3. The van der Waals surface area contributed by atoms with Crippen molar-refractivity contribution in [3.8, 4) is 22.8 Å². The second kappa shape index (κ2) is 6.40. The summed E-state index contributed by atoms with van der Waals surface area (Å²) >= 11 is 0. The number of hydrogen-bond acceptors (Lipinski definition) is 4. The zero-order valence-electron chi connectivity index (χ0n) is 14.2. The van der Waals surface area contributed by atoms with Crippen LogP contribution in [-0.2, 0) is 0 Å². The molecule has 1 aliphatic rings. The summed E-state index contributed by atoms with van der Waals surface area (Å²) in [5, 5.41) is 0. The number of aromatic nitrogens is 1. The number of aliphatic imine (C=N–C) groups is 1. The maximum atomic E-state index is 5.83. The summed E-state index contributed by atoms with van der Waals surface area (Å²) in [4.78, 5) is 9.02. The van der Waals surface area contributed by atoms with Crippen LogP contribution in [0, 0.1) is 6.92 Å². The van der Waals surface area contributed by atoms with E-state index >= 15 is 0 Å². The molecule has 0 fully saturated rings. The lowest BCUT2D eigenvalue weighted by Gasteiger charge is -2.17. The largest absolute Gasteiger partial charge is 0.485 e. The smallest absolute Gasteiger partial charge is 0.212 e. The van der Waals surface area contributed by atoms with Gasteiger partial charge >= 0.3 is 0 Å².